The van der Waals surface area contributed by atoms with Gasteiger partial charge in [-0.25, -0.2) is 0 Å². The molecule has 2 aromatic rings. The van der Waals surface area contributed by atoms with Gasteiger partial charge in [-0.3, -0.25) is 15.1 Å². The second-order valence-corrected chi connectivity index (χ2v) is 3.96. The molecule has 2 rings (SSSR count). The van der Waals surface area contributed by atoms with E-state index in [9.17, 15) is 10.1 Å². The molecule has 0 bridgehead atoms. The van der Waals surface area contributed by atoms with Gasteiger partial charge in [0.05, 0.1) is 15.6 Å². The Morgan fingerprint density at radius 3 is 2.78 bits per heavy atom. The minimum Gasteiger partial charge on any atom is -0.258 e. The van der Waals surface area contributed by atoms with Gasteiger partial charge < -0.3 is 0 Å². The Bertz CT molecular complexity index is 611. The predicted molar refractivity (Wildman–Crippen MR) is 71.3 cm³/mol. The van der Waals surface area contributed by atoms with Gasteiger partial charge in [0.2, 0.25) is 0 Å². The van der Waals surface area contributed by atoms with Gasteiger partial charge in [0.15, 0.2) is 0 Å². The Morgan fingerprint density at radius 1 is 1.22 bits per heavy atom. The van der Waals surface area contributed by atoms with E-state index in [1.165, 1.54) is 12.1 Å². The van der Waals surface area contributed by atoms with E-state index in [0.29, 0.717) is 10.7 Å². The van der Waals surface area contributed by atoms with Crippen LogP contribution in [0, 0.1) is 10.1 Å². The van der Waals surface area contributed by atoms with E-state index in [-0.39, 0.29) is 5.69 Å². The lowest BCUT2D eigenvalue weighted by molar-refractivity contribution is -0.384. The smallest absolute Gasteiger partial charge is 0.258 e. The van der Waals surface area contributed by atoms with Crippen LogP contribution in [0.2, 0.25) is 5.02 Å². The van der Waals surface area contributed by atoms with Crippen molar-refractivity contribution in [3.05, 3.63) is 69.0 Å². The molecule has 0 unspecified atom stereocenters. The van der Waals surface area contributed by atoms with Crippen molar-refractivity contribution >= 4 is 29.4 Å². The summed E-state index contributed by atoms with van der Waals surface area (Å²) in [5.74, 6) is 0. The van der Waals surface area contributed by atoms with E-state index in [1.54, 1.807) is 42.6 Å². The molecule has 0 spiro atoms. The minimum absolute atomic E-state index is 0.0595. The Hall–Kier alpha value is -2.20. The third-order valence-corrected chi connectivity index (χ3v) is 2.62. The Labute approximate surface area is 109 Å². The minimum atomic E-state index is -0.426. The van der Waals surface area contributed by atoms with Crippen LogP contribution in [-0.2, 0) is 0 Å². The number of nitro groups is 1. The fraction of sp³-hybridized carbons (Fsp3) is 0. The SMILES string of the molecule is O=[N+]([O-])c1cccc(/C=C/c2ncccc2Cl)c1. The molecule has 0 aliphatic heterocycles. The van der Waals surface area contributed by atoms with E-state index >= 15 is 0 Å². The first-order valence-corrected chi connectivity index (χ1v) is 5.57. The predicted octanol–water partition coefficient (Wildman–Crippen LogP) is 3.81. The van der Waals surface area contributed by atoms with Crippen molar-refractivity contribution < 1.29 is 4.92 Å². The highest BCUT2D eigenvalue weighted by Crippen LogP contribution is 2.18. The molecule has 18 heavy (non-hydrogen) atoms. The summed E-state index contributed by atoms with van der Waals surface area (Å²) in [7, 11) is 0. The van der Waals surface area contributed by atoms with Gasteiger partial charge in [0.25, 0.3) is 5.69 Å². The summed E-state index contributed by atoms with van der Waals surface area (Å²) < 4.78 is 0. The summed E-state index contributed by atoms with van der Waals surface area (Å²) in [5.41, 5.74) is 1.42. The fourth-order valence-corrected chi connectivity index (χ4v) is 1.62. The van der Waals surface area contributed by atoms with Crippen LogP contribution >= 0.6 is 11.6 Å². The van der Waals surface area contributed by atoms with Crippen molar-refractivity contribution in [3.8, 4) is 0 Å². The fourth-order valence-electron chi connectivity index (χ4n) is 1.44. The van der Waals surface area contributed by atoms with Crippen molar-refractivity contribution in [2.75, 3.05) is 0 Å². The number of hydrogen-bond acceptors (Lipinski definition) is 3. The molecule has 4 nitrogen and oxygen atoms in total. The number of benzene rings is 1. The third kappa shape index (κ3) is 2.93. The van der Waals surface area contributed by atoms with Crippen LogP contribution in [0.25, 0.3) is 12.2 Å². The molecule has 0 atom stereocenters. The van der Waals surface area contributed by atoms with Crippen LogP contribution in [0.4, 0.5) is 5.69 Å². The van der Waals surface area contributed by atoms with E-state index in [1.807, 2.05) is 0 Å². The first-order valence-electron chi connectivity index (χ1n) is 5.20. The van der Waals surface area contributed by atoms with Gasteiger partial charge in [-0.15, -0.1) is 0 Å². The second-order valence-electron chi connectivity index (χ2n) is 3.56. The van der Waals surface area contributed by atoms with E-state index in [0.717, 1.165) is 5.56 Å². The standard InChI is InChI=1S/C13H9ClN2O2/c14-12-5-2-8-15-13(12)7-6-10-3-1-4-11(9-10)16(17)18/h1-9H/b7-6+. The highest BCUT2D eigenvalue weighted by molar-refractivity contribution is 6.31. The largest absolute Gasteiger partial charge is 0.270 e. The first-order chi connectivity index (χ1) is 8.66. The summed E-state index contributed by atoms with van der Waals surface area (Å²) in [6.45, 7) is 0. The summed E-state index contributed by atoms with van der Waals surface area (Å²) in [6, 6.07) is 9.84. The summed E-state index contributed by atoms with van der Waals surface area (Å²) in [6.07, 6.45) is 5.10. The molecular weight excluding hydrogens is 252 g/mol. The molecule has 0 aliphatic carbocycles. The number of non-ortho nitro benzene ring substituents is 1. The Balaban J connectivity index is 2.27. The van der Waals surface area contributed by atoms with Crippen LogP contribution in [-0.4, -0.2) is 9.91 Å². The lowest BCUT2D eigenvalue weighted by Crippen LogP contribution is -1.87. The summed E-state index contributed by atoms with van der Waals surface area (Å²) in [4.78, 5) is 14.3. The van der Waals surface area contributed by atoms with Gasteiger partial charge in [-0.1, -0.05) is 29.8 Å². The van der Waals surface area contributed by atoms with E-state index in [2.05, 4.69) is 4.98 Å². The number of nitro benzene ring substituents is 1. The average molecular weight is 261 g/mol. The van der Waals surface area contributed by atoms with Crippen molar-refractivity contribution in [2.24, 2.45) is 0 Å². The molecule has 0 saturated heterocycles. The van der Waals surface area contributed by atoms with Gasteiger partial charge >= 0.3 is 0 Å². The molecule has 1 aromatic carbocycles. The zero-order chi connectivity index (χ0) is 13.0. The molecule has 0 saturated carbocycles. The number of halogens is 1. The normalized spacial score (nSPS) is 10.7. The van der Waals surface area contributed by atoms with Crippen molar-refractivity contribution in [2.45, 2.75) is 0 Å². The molecule has 90 valence electrons. The van der Waals surface area contributed by atoms with Crippen molar-refractivity contribution in [3.63, 3.8) is 0 Å². The van der Waals surface area contributed by atoms with Crippen LogP contribution in [0.15, 0.2) is 42.6 Å². The molecule has 1 aromatic heterocycles. The number of aromatic nitrogens is 1. The highest BCUT2D eigenvalue weighted by atomic mass is 35.5. The maximum absolute atomic E-state index is 10.6. The zero-order valence-electron chi connectivity index (χ0n) is 9.29. The summed E-state index contributed by atoms with van der Waals surface area (Å²) in [5, 5.41) is 11.2. The van der Waals surface area contributed by atoms with Crippen molar-refractivity contribution in [1.82, 2.24) is 4.98 Å². The maximum Gasteiger partial charge on any atom is 0.270 e. The lowest BCUT2D eigenvalue weighted by Gasteiger charge is -1.96. The number of hydrogen-bond donors (Lipinski definition) is 0. The molecule has 0 amide bonds. The maximum atomic E-state index is 10.6. The third-order valence-electron chi connectivity index (χ3n) is 2.30. The Kier molecular flexibility index (Phi) is 3.69. The van der Waals surface area contributed by atoms with E-state index in [4.69, 9.17) is 11.6 Å². The lowest BCUT2D eigenvalue weighted by atomic mass is 10.2. The van der Waals surface area contributed by atoms with Crippen LogP contribution < -0.4 is 0 Å². The highest BCUT2D eigenvalue weighted by Gasteiger charge is 2.03. The van der Waals surface area contributed by atoms with Crippen LogP contribution in [0.3, 0.4) is 0 Å². The molecule has 0 aliphatic rings. The van der Waals surface area contributed by atoms with Gasteiger partial charge in [-0.05, 0) is 23.8 Å². The molecule has 0 radical (unpaired) electrons. The number of pyridine rings is 1. The van der Waals surface area contributed by atoms with Crippen molar-refractivity contribution in [1.29, 1.82) is 0 Å². The zero-order valence-corrected chi connectivity index (χ0v) is 10.0. The monoisotopic (exact) mass is 260 g/mol. The quantitative estimate of drug-likeness (QED) is 0.623. The molecule has 1 heterocycles. The average Bonchev–Trinajstić information content (AvgIpc) is 2.38. The number of nitrogens with zero attached hydrogens (tertiary/aromatic N) is 2. The molecular formula is C13H9ClN2O2. The topological polar surface area (TPSA) is 56.0 Å². The first kappa shape index (κ1) is 12.3. The molecule has 5 heteroatoms. The Morgan fingerprint density at radius 2 is 2.06 bits per heavy atom. The van der Waals surface area contributed by atoms with Gasteiger partial charge in [-0.2, -0.15) is 0 Å². The molecule has 0 fully saturated rings. The van der Waals surface area contributed by atoms with E-state index < -0.39 is 4.92 Å². The second kappa shape index (κ2) is 5.42. The van der Waals surface area contributed by atoms with Gasteiger partial charge in [0, 0.05) is 18.3 Å². The van der Waals surface area contributed by atoms with Crippen LogP contribution in [0.5, 0.6) is 0 Å². The summed E-state index contributed by atoms with van der Waals surface area (Å²) >= 11 is 5.95. The van der Waals surface area contributed by atoms with Crippen LogP contribution in [0.1, 0.15) is 11.3 Å². The number of rotatable bonds is 3. The molecule has 0 N–H and O–H groups in total. The van der Waals surface area contributed by atoms with Gasteiger partial charge in [0.1, 0.15) is 0 Å².